The summed E-state index contributed by atoms with van der Waals surface area (Å²) in [7, 11) is 2.13. The smallest absolute Gasteiger partial charge is 0.319 e. The van der Waals surface area contributed by atoms with Crippen LogP contribution in [0.5, 0.6) is 0 Å². The molecule has 10 heteroatoms. The van der Waals surface area contributed by atoms with E-state index in [1.54, 1.807) is 12.3 Å². The van der Waals surface area contributed by atoms with E-state index in [1.807, 2.05) is 19.1 Å². The number of aromatic nitrogens is 2. The van der Waals surface area contributed by atoms with Gasteiger partial charge in [-0.25, -0.2) is 4.79 Å². The molecular formula is C23H34ClN5O4. The second-order valence-electron chi connectivity index (χ2n) is 8.27. The maximum atomic E-state index is 12.1. The SMILES string of the molecule is CC1CN(C)CC(C)O1.Cc1ccc(C(CCO)NC(=O)Nc2cnn(CC=O)c2)cc1Cl. The van der Waals surface area contributed by atoms with E-state index < -0.39 is 6.03 Å². The van der Waals surface area contributed by atoms with Crippen molar-refractivity contribution in [2.45, 2.75) is 52.0 Å². The van der Waals surface area contributed by atoms with E-state index in [0.29, 0.717) is 29.3 Å². The molecule has 182 valence electrons. The fourth-order valence-electron chi connectivity index (χ4n) is 3.64. The average Bonchev–Trinajstić information content (AvgIpc) is 3.16. The molecule has 3 atom stereocenters. The lowest BCUT2D eigenvalue weighted by Crippen LogP contribution is -2.42. The number of nitrogens with one attached hydrogen (secondary N) is 2. The zero-order valence-corrected chi connectivity index (χ0v) is 20.4. The zero-order valence-electron chi connectivity index (χ0n) is 19.6. The Hall–Kier alpha value is -2.46. The van der Waals surface area contributed by atoms with Crippen molar-refractivity contribution in [2.75, 3.05) is 32.1 Å². The van der Waals surface area contributed by atoms with Crippen LogP contribution in [-0.4, -0.2) is 71.1 Å². The number of likely N-dealkylation sites (N-methyl/N-ethyl adjacent to an activating group) is 1. The number of hydrogen-bond donors (Lipinski definition) is 3. The number of aliphatic hydroxyl groups excluding tert-OH is 1. The van der Waals surface area contributed by atoms with Crippen molar-refractivity contribution in [3.05, 3.63) is 46.7 Å². The zero-order chi connectivity index (χ0) is 24.4. The first-order valence-electron chi connectivity index (χ1n) is 11.0. The lowest BCUT2D eigenvalue weighted by molar-refractivity contribution is -0.108. The normalized spacial score (nSPS) is 19.2. The molecule has 0 saturated carbocycles. The first-order valence-corrected chi connectivity index (χ1v) is 11.3. The summed E-state index contributed by atoms with van der Waals surface area (Å²) in [4.78, 5) is 24.9. The number of rotatable bonds is 7. The van der Waals surface area contributed by atoms with E-state index in [-0.39, 0.29) is 19.2 Å². The molecule has 0 spiro atoms. The number of hydrogen-bond acceptors (Lipinski definition) is 6. The Morgan fingerprint density at radius 1 is 1.36 bits per heavy atom. The number of carbonyl (C=O) groups excluding carboxylic acids is 2. The Kier molecular flexibility index (Phi) is 10.8. The standard InChI is InChI=1S/C16H19ClN4O3.C7H15NO/c1-11-2-3-12(8-14(11)17)15(4-6-22)20-16(24)19-13-9-18-21(10-13)5-7-23;1-6-4-8(3)5-7(2)9-6/h2-3,7-10,15,22H,4-6H2,1H3,(H2,19,20,24);6-7H,4-5H2,1-3H3. The number of halogens is 1. The van der Waals surface area contributed by atoms with Gasteiger partial charge in [-0.05, 0) is 51.4 Å². The Bertz CT molecular complexity index is 882. The quantitative estimate of drug-likeness (QED) is 0.527. The van der Waals surface area contributed by atoms with Gasteiger partial charge in [0.2, 0.25) is 0 Å². The molecule has 33 heavy (non-hydrogen) atoms. The number of urea groups is 1. The van der Waals surface area contributed by atoms with Gasteiger partial charge in [0.25, 0.3) is 0 Å². The predicted molar refractivity (Wildman–Crippen MR) is 129 cm³/mol. The number of anilines is 1. The molecule has 0 aliphatic carbocycles. The van der Waals surface area contributed by atoms with Crippen molar-refractivity contribution in [3.8, 4) is 0 Å². The molecular weight excluding hydrogens is 446 g/mol. The maximum Gasteiger partial charge on any atom is 0.319 e. The van der Waals surface area contributed by atoms with Gasteiger partial charge in [-0.15, -0.1) is 0 Å². The van der Waals surface area contributed by atoms with Gasteiger partial charge in [0.05, 0.1) is 36.7 Å². The molecule has 3 rings (SSSR count). The predicted octanol–water partition coefficient (Wildman–Crippen LogP) is 3.01. The molecule has 2 aromatic rings. The second kappa shape index (κ2) is 13.3. The van der Waals surface area contributed by atoms with Crippen LogP contribution in [0, 0.1) is 6.92 Å². The molecule has 1 aromatic carbocycles. The number of amides is 2. The minimum Gasteiger partial charge on any atom is -0.396 e. The van der Waals surface area contributed by atoms with Crippen molar-refractivity contribution < 1.29 is 19.4 Å². The number of nitrogens with zero attached hydrogens (tertiary/aromatic N) is 3. The van der Waals surface area contributed by atoms with Crippen molar-refractivity contribution in [2.24, 2.45) is 0 Å². The number of morpholine rings is 1. The van der Waals surface area contributed by atoms with Crippen LogP contribution in [0.1, 0.15) is 37.4 Å². The van der Waals surface area contributed by atoms with Crippen molar-refractivity contribution in [1.82, 2.24) is 20.0 Å². The molecule has 1 aliphatic rings. The van der Waals surface area contributed by atoms with Crippen LogP contribution in [-0.2, 0) is 16.1 Å². The van der Waals surface area contributed by atoms with E-state index in [9.17, 15) is 14.7 Å². The summed E-state index contributed by atoms with van der Waals surface area (Å²) >= 11 is 6.13. The molecule has 0 radical (unpaired) electrons. The summed E-state index contributed by atoms with van der Waals surface area (Å²) in [5.74, 6) is 0. The van der Waals surface area contributed by atoms with Crippen LogP contribution in [0.15, 0.2) is 30.6 Å². The van der Waals surface area contributed by atoms with Crippen LogP contribution >= 0.6 is 11.6 Å². The average molecular weight is 480 g/mol. The third kappa shape index (κ3) is 9.13. The van der Waals surface area contributed by atoms with E-state index in [4.69, 9.17) is 16.3 Å². The molecule has 1 aliphatic heterocycles. The summed E-state index contributed by atoms with van der Waals surface area (Å²) in [6.45, 7) is 8.32. The monoisotopic (exact) mass is 479 g/mol. The minimum atomic E-state index is -0.434. The number of carbonyl (C=O) groups is 2. The Balaban J connectivity index is 0.000000357. The van der Waals surface area contributed by atoms with Crippen LogP contribution in [0.25, 0.3) is 0 Å². The third-order valence-electron chi connectivity index (χ3n) is 5.08. The highest BCUT2D eigenvalue weighted by molar-refractivity contribution is 6.31. The lowest BCUT2D eigenvalue weighted by Gasteiger charge is -2.32. The Morgan fingerprint density at radius 2 is 2.06 bits per heavy atom. The van der Waals surface area contributed by atoms with Crippen molar-refractivity contribution in [3.63, 3.8) is 0 Å². The van der Waals surface area contributed by atoms with E-state index >= 15 is 0 Å². The van der Waals surface area contributed by atoms with Gasteiger partial charge in [0.15, 0.2) is 0 Å². The Labute approximate surface area is 200 Å². The van der Waals surface area contributed by atoms with Gasteiger partial charge in [0.1, 0.15) is 6.29 Å². The topological polar surface area (TPSA) is 109 Å². The van der Waals surface area contributed by atoms with Crippen LogP contribution in [0.2, 0.25) is 5.02 Å². The molecule has 2 amide bonds. The highest BCUT2D eigenvalue weighted by Crippen LogP contribution is 2.23. The molecule has 3 N–H and O–H groups in total. The largest absolute Gasteiger partial charge is 0.396 e. The lowest BCUT2D eigenvalue weighted by atomic mass is 10.0. The van der Waals surface area contributed by atoms with Gasteiger partial charge in [-0.2, -0.15) is 5.10 Å². The fourth-order valence-corrected chi connectivity index (χ4v) is 3.83. The molecule has 3 unspecified atom stereocenters. The molecule has 1 fully saturated rings. The van der Waals surface area contributed by atoms with Crippen molar-refractivity contribution in [1.29, 1.82) is 0 Å². The van der Waals surface area contributed by atoms with Crippen LogP contribution in [0.3, 0.4) is 0 Å². The molecule has 0 bridgehead atoms. The number of benzene rings is 1. The van der Waals surface area contributed by atoms with Gasteiger partial charge in [0, 0.05) is 30.9 Å². The maximum absolute atomic E-state index is 12.1. The fraction of sp³-hybridized carbons (Fsp3) is 0.522. The van der Waals surface area contributed by atoms with Crippen LogP contribution < -0.4 is 10.6 Å². The van der Waals surface area contributed by atoms with Crippen LogP contribution in [0.4, 0.5) is 10.5 Å². The summed E-state index contributed by atoms with van der Waals surface area (Å²) in [6.07, 6.45) is 4.91. The molecule has 2 heterocycles. The highest BCUT2D eigenvalue weighted by Gasteiger charge is 2.18. The van der Waals surface area contributed by atoms with E-state index in [0.717, 1.165) is 30.5 Å². The summed E-state index contributed by atoms with van der Waals surface area (Å²) in [5, 5.41) is 19.2. The Morgan fingerprint density at radius 3 is 2.64 bits per heavy atom. The number of aryl methyl sites for hydroxylation is 1. The summed E-state index contributed by atoms with van der Waals surface area (Å²) in [6, 6.07) is 4.70. The molecule has 1 aromatic heterocycles. The second-order valence-corrected chi connectivity index (χ2v) is 8.68. The molecule has 1 saturated heterocycles. The number of aliphatic hydroxyl groups is 1. The van der Waals surface area contributed by atoms with E-state index in [2.05, 4.69) is 41.5 Å². The van der Waals surface area contributed by atoms with E-state index in [1.165, 1.54) is 10.9 Å². The highest BCUT2D eigenvalue weighted by atomic mass is 35.5. The third-order valence-corrected chi connectivity index (χ3v) is 5.48. The van der Waals surface area contributed by atoms with Gasteiger partial charge in [-0.1, -0.05) is 23.7 Å². The summed E-state index contributed by atoms with van der Waals surface area (Å²) in [5.41, 5.74) is 2.22. The first-order chi connectivity index (χ1) is 15.7. The van der Waals surface area contributed by atoms with Crippen molar-refractivity contribution >= 4 is 29.6 Å². The van der Waals surface area contributed by atoms with Gasteiger partial charge in [-0.3, -0.25) is 4.68 Å². The van der Waals surface area contributed by atoms with Gasteiger partial charge < -0.3 is 30.2 Å². The summed E-state index contributed by atoms with van der Waals surface area (Å²) < 4.78 is 6.93. The molecule has 9 nitrogen and oxygen atoms in total. The minimum absolute atomic E-state index is 0.0757. The first kappa shape index (κ1) is 26.8. The number of ether oxygens (including phenoxy) is 1. The number of aldehydes is 1. The van der Waals surface area contributed by atoms with Gasteiger partial charge >= 0.3 is 6.03 Å².